The van der Waals surface area contributed by atoms with Crippen LogP contribution in [0.4, 0.5) is 8.78 Å². The van der Waals surface area contributed by atoms with Crippen molar-refractivity contribution in [2.45, 2.75) is 27.2 Å². The van der Waals surface area contributed by atoms with Crippen LogP contribution in [-0.2, 0) is 6.42 Å². The van der Waals surface area contributed by atoms with Gasteiger partial charge in [-0.05, 0) is 17.9 Å². The molecule has 0 aliphatic carbocycles. The smallest absolute Gasteiger partial charge is 0.248 e. The van der Waals surface area contributed by atoms with E-state index in [2.05, 4.69) is 10.9 Å². The monoisotopic (exact) mass is 263 g/mol. The van der Waals surface area contributed by atoms with Crippen molar-refractivity contribution in [3.05, 3.63) is 45.4 Å². The van der Waals surface area contributed by atoms with Gasteiger partial charge in [0.25, 0.3) is 0 Å². The van der Waals surface area contributed by atoms with Gasteiger partial charge in [0.1, 0.15) is 0 Å². The number of aryl methyl sites for hydroxylation is 1. The number of benzene rings is 1. The number of halogens is 2. The van der Waals surface area contributed by atoms with Crippen LogP contribution in [0.1, 0.15) is 32.0 Å². The maximum Gasteiger partial charge on any atom is 0.248 e. The van der Waals surface area contributed by atoms with Gasteiger partial charge in [-0.3, -0.25) is 4.79 Å². The topological polar surface area (TPSA) is 32.9 Å². The van der Waals surface area contributed by atoms with E-state index in [1.54, 1.807) is 6.92 Å². The van der Waals surface area contributed by atoms with Crippen molar-refractivity contribution in [3.63, 3.8) is 0 Å². The van der Waals surface area contributed by atoms with Crippen molar-refractivity contribution >= 4 is 10.8 Å². The van der Waals surface area contributed by atoms with Crippen LogP contribution in [0.2, 0.25) is 0 Å². The third-order valence-electron chi connectivity index (χ3n) is 2.61. The van der Waals surface area contributed by atoms with Gasteiger partial charge in [0, 0.05) is 17.1 Å². The standard InChI is InChI=1S/C13H9F2NO.C2H6/c1-3-8-12-7(5-9(14)13(8)15)6-11(17)16-10(12)4-2;1-2/h1,5-6H,4H2,2H3,(H,16,17);1-2H3. The van der Waals surface area contributed by atoms with E-state index in [1.165, 1.54) is 6.07 Å². The molecule has 1 N–H and O–H groups in total. The van der Waals surface area contributed by atoms with Gasteiger partial charge < -0.3 is 4.98 Å². The molecule has 0 amide bonds. The molecule has 0 fully saturated rings. The number of aromatic nitrogens is 1. The highest BCUT2D eigenvalue weighted by atomic mass is 19.2. The Hall–Kier alpha value is -2.15. The summed E-state index contributed by atoms with van der Waals surface area (Å²) in [5, 5.41) is 0.714. The number of aromatic amines is 1. The number of terminal acetylenes is 1. The van der Waals surface area contributed by atoms with Gasteiger partial charge in [-0.2, -0.15) is 0 Å². The maximum absolute atomic E-state index is 13.5. The first-order valence-electron chi connectivity index (χ1n) is 6.09. The second-order valence-corrected chi connectivity index (χ2v) is 3.62. The number of pyridine rings is 1. The van der Waals surface area contributed by atoms with Crippen molar-refractivity contribution in [1.82, 2.24) is 4.98 Å². The minimum Gasteiger partial charge on any atom is -0.326 e. The van der Waals surface area contributed by atoms with E-state index in [9.17, 15) is 13.6 Å². The first-order valence-corrected chi connectivity index (χ1v) is 6.09. The lowest BCUT2D eigenvalue weighted by Crippen LogP contribution is -2.09. The van der Waals surface area contributed by atoms with Gasteiger partial charge in [0.05, 0.1) is 5.56 Å². The van der Waals surface area contributed by atoms with E-state index in [0.717, 1.165) is 6.07 Å². The highest BCUT2D eigenvalue weighted by Crippen LogP contribution is 2.25. The van der Waals surface area contributed by atoms with E-state index in [4.69, 9.17) is 6.42 Å². The number of fused-ring (bicyclic) bond motifs is 1. The van der Waals surface area contributed by atoms with Gasteiger partial charge in [-0.15, -0.1) is 6.42 Å². The van der Waals surface area contributed by atoms with E-state index < -0.39 is 11.6 Å². The number of hydrogen-bond donors (Lipinski definition) is 1. The van der Waals surface area contributed by atoms with Crippen LogP contribution in [-0.4, -0.2) is 4.98 Å². The minimum absolute atomic E-state index is 0.145. The highest BCUT2D eigenvalue weighted by Gasteiger charge is 2.15. The zero-order valence-corrected chi connectivity index (χ0v) is 11.1. The zero-order chi connectivity index (χ0) is 14.6. The van der Waals surface area contributed by atoms with Crippen molar-refractivity contribution in [3.8, 4) is 12.3 Å². The Balaban J connectivity index is 0.000000861. The second-order valence-electron chi connectivity index (χ2n) is 3.62. The predicted molar refractivity (Wildman–Crippen MR) is 73.1 cm³/mol. The Labute approximate surface area is 110 Å². The third kappa shape index (κ3) is 2.65. The fourth-order valence-electron chi connectivity index (χ4n) is 1.87. The summed E-state index contributed by atoms with van der Waals surface area (Å²) in [7, 11) is 0. The van der Waals surface area contributed by atoms with Gasteiger partial charge in [-0.1, -0.05) is 26.7 Å². The lowest BCUT2D eigenvalue weighted by atomic mass is 10.0. The summed E-state index contributed by atoms with van der Waals surface area (Å²) < 4.78 is 26.8. The van der Waals surface area contributed by atoms with Gasteiger partial charge in [0.15, 0.2) is 11.6 Å². The Bertz CT molecular complexity index is 696. The van der Waals surface area contributed by atoms with E-state index in [1.807, 2.05) is 13.8 Å². The van der Waals surface area contributed by atoms with E-state index in [-0.39, 0.29) is 11.1 Å². The molecule has 4 heteroatoms. The van der Waals surface area contributed by atoms with E-state index in [0.29, 0.717) is 22.9 Å². The Morgan fingerprint density at radius 2 is 1.95 bits per heavy atom. The van der Waals surface area contributed by atoms with Crippen LogP contribution in [0, 0.1) is 24.0 Å². The Kier molecular flexibility index (Phi) is 4.82. The molecule has 0 spiro atoms. The van der Waals surface area contributed by atoms with Crippen molar-refractivity contribution in [1.29, 1.82) is 0 Å². The van der Waals surface area contributed by atoms with Crippen molar-refractivity contribution < 1.29 is 8.78 Å². The Morgan fingerprint density at radius 1 is 1.32 bits per heavy atom. The van der Waals surface area contributed by atoms with Crippen LogP contribution in [0.5, 0.6) is 0 Å². The lowest BCUT2D eigenvalue weighted by molar-refractivity contribution is 0.509. The molecule has 1 heterocycles. The first kappa shape index (κ1) is 14.9. The highest BCUT2D eigenvalue weighted by molar-refractivity contribution is 5.90. The molecule has 2 aromatic rings. The normalized spacial score (nSPS) is 9.68. The number of hydrogen-bond acceptors (Lipinski definition) is 1. The van der Waals surface area contributed by atoms with Gasteiger partial charge in [0.2, 0.25) is 5.56 Å². The molecule has 0 aliphatic heterocycles. The lowest BCUT2D eigenvalue weighted by Gasteiger charge is -2.08. The van der Waals surface area contributed by atoms with Crippen LogP contribution >= 0.6 is 0 Å². The molecule has 0 unspecified atom stereocenters. The molecule has 2 nitrogen and oxygen atoms in total. The molecular formula is C15H15F2NO. The van der Waals surface area contributed by atoms with Gasteiger partial charge in [-0.25, -0.2) is 8.78 Å². The van der Waals surface area contributed by atoms with Crippen molar-refractivity contribution in [2.75, 3.05) is 0 Å². The molecule has 19 heavy (non-hydrogen) atoms. The summed E-state index contributed by atoms with van der Waals surface area (Å²) in [6.07, 6.45) is 5.68. The van der Waals surface area contributed by atoms with Crippen LogP contribution in [0.15, 0.2) is 16.9 Å². The van der Waals surface area contributed by atoms with Gasteiger partial charge >= 0.3 is 0 Å². The SMILES string of the molecule is C#Cc1c(F)c(F)cc2cc(=O)[nH]c(CC)c12.CC. The number of H-pyrrole nitrogens is 1. The average Bonchev–Trinajstić information content (AvgIpc) is 2.42. The predicted octanol–water partition coefficient (Wildman–Crippen LogP) is 3.38. The first-order chi connectivity index (χ1) is 9.08. The largest absolute Gasteiger partial charge is 0.326 e. The molecule has 0 saturated carbocycles. The fourth-order valence-corrected chi connectivity index (χ4v) is 1.87. The Morgan fingerprint density at radius 3 is 2.47 bits per heavy atom. The molecule has 2 rings (SSSR count). The van der Waals surface area contributed by atoms with Crippen LogP contribution in [0.25, 0.3) is 10.8 Å². The molecule has 1 aromatic heterocycles. The average molecular weight is 263 g/mol. The van der Waals surface area contributed by atoms with Crippen LogP contribution < -0.4 is 5.56 Å². The molecule has 0 saturated heterocycles. The summed E-state index contributed by atoms with van der Waals surface area (Å²) in [6.45, 7) is 5.80. The number of nitrogens with one attached hydrogen (secondary N) is 1. The molecule has 0 aliphatic rings. The van der Waals surface area contributed by atoms with E-state index >= 15 is 0 Å². The summed E-state index contributed by atoms with van der Waals surface area (Å²) in [5.41, 5.74) is 0.00998. The fraction of sp³-hybridized carbons (Fsp3) is 0.267. The zero-order valence-electron chi connectivity index (χ0n) is 11.1. The minimum atomic E-state index is -1.05. The molecular weight excluding hydrogens is 248 g/mol. The summed E-state index contributed by atoms with van der Waals surface area (Å²) >= 11 is 0. The molecule has 0 radical (unpaired) electrons. The van der Waals surface area contributed by atoms with Crippen molar-refractivity contribution in [2.24, 2.45) is 0 Å². The molecule has 1 aromatic carbocycles. The summed E-state index contributed by atoms with van der Waals surface area (Å²) in [4.78, 5) is 13.9. The molecule has 100 valence electrons. The summed E-state index contributed by atoms with van der Waals surface area (Å²) in [5.74, 6) is 0.0389. The summed E-state index contributed by atoms with van der Waals surface area (Å²) in [6, 6.07) is 2.19. The quantitative estimate of drug-likeness (QED) is 0.786. The second kappa shape index (κ2) is 6.14. The molecule has 0 bridgehead atoms. The maximum atomic E-state index is 13.5. The number of rotatable bonds is 1. The van der Waals surface area contributed by atoms with Crippen LogP contribution in [0.3, 0.4) is 0 Å². The molecule has 0 atom stereocenters. The third-order valence-corrected chi connectivity index (χ3v) is 2.61.